The van der Waals surface area contributed by atoms with Crippen molar-refractivity contribution in [1.82, 2.24) is 9.24 Å². The first-order chi connectivity index (χ1) is 18.2. The highest BCUT2D eigenvalue weighted by Gasteiger charge is 2.35. The molecule has 0 saturated carbocycles. The molecule has 2 aromatic rings. The molecule has 1 N–H and O–H groups in total. The predicted molar refractivity (Wildman–Crippen MR) is 148 cm³/mol. The van der Waals surface area contributed by atoms with Crippen LogP contribution in [0.2, 0.25) is 0 Å². The molecule has 1 aromatic carbocycles. The Morgan fingerprint density at radius 3 is 2.74 bits per heavy atom. The predicted octanol–water partition coefficient (Wildman–Crippen LogP) is 5.56. The monoisotopic (exact) mass is 640 g/mol. The van der Waals surface area contributed by atoms with Crippen LogP contribution in [0.5, 0.6) is 0 Å². The fourth-order valence-electron chi connectivity index (χ4n) is 4.18. The number of ketones is 1. The zero-order chi connectivity index (χ0) is 27.1. The number of hydrogen-bond donors (Lipinski definition) is 1. The molecule has 0 bridgehead atoms. The molecule has 1 aromatic heterocycles. The summed E-state index contributed by atoms with van der Waals surface area (Å²) in [5, 5.41) is -0.336. The van der Waals surface area contributed by atoms with Crippen LogP contribution < -0.4 is 20.1 Å². The van der Waals surface area contributed by atoms with Crippen molar-refractivity contribution in [1.29, 1.82) is 0 Å². The maximum Gasteiger partial charge on any atom is 0.392 e. The van der Waals surface area contributed by atoms with Gasteiger partial charge in [-0.2, -0.15) is 4.67 Å². The highest BCUT2D eigenvalue weighted by atomic mass is 79.9. The smallest absolute Gasteiger partial charge is 0.323 e. The van der Waals surface area contributed by atoms with Gasteiger partial charge in [-0.1, -0.05) is 17.7 Å². The van der Waals surface area contributed by atoms with E-state index in [1.54, 1.807) is 12.2 Å². The summed E-state index contributed by atoms with van der Waals surface area (Å²) in [4.78, 5) is 27.5. The molecule has 1 aliphatic heterocycles. The Morgan fingerprint density at radius 1 is 1.21 bits per heavy atom. The Bertz CT molecular complexity index is 1700. The minimum atomic E-state index is -1.12. The quantitative estimate of drug-likeness (QED) is 0.194. The van der Waals surface area contributed by atoms with E-state index in [4.69, 9.17) is 23.2 Å². The fraction of sp³-hybridized carbons (Fsp3) is 0.154. The summed E-state index contributed by atoms with van der Waals surface area (Å²) in [5.41, 5.74) is -0.873. The summed E-state index contributed by atoms with van der Waals surface area (Å²) in [6.07, 6.45) is 10.1. The molecule has 38 heavy (non-hydrogen) atoms. The molecule has 1 unspecified atom stereocenters. The van der Waals surface area contributed by atoms with E-state index in [0.717, 1.165) is 28.6 Å². The van der Waals surface area contributed by atoms with Crippen LogP contribution in [-0.4, -0.2) is 26.3 Å². The third-order valence-corrected chi connectivity index (χ3v) is 8.04. The summed E-state index contributed by atoms with van der Waals surface area (Å²) in [6, 6.07) is 2.12. The number of nitrogens with one attached hydrogen (secondary N) is 1. The first kappa shape index (κ1) is 26.8. The zero-order valence-electron chi connectivity index (χ0n) is 19.2. The Hall–Kier alpha value is -2.75. The first-order valence-corrected chi connectivity index (χ1v) is 13.7. The lowest BCUT2D eigenvalue weighted by Gasteiger charge is -2.14. The van der Waals surface area contributed by atoms with Gasteiger partial charge in [0, 0.05) is 26.9 Å². The van der Waals surface area contributed by atoms with Crippen LogP contribution in [0, 0.1) is 11.6 Å². The number of nitrogens with zero attached hydrogens (tertiary/aromatic N) is 2. The van der Waals surface area contributed by atoms with E-state index in [1.807, 2.05) is 0 Å². The standard InChI is InChI=1S/C26H16BrCl2F3N3O2S/c27-20-10-14-15(11-35(25(14)33-20)26(37)21-16(28)5-2-6-17(21)29)24(36)22-18(31)7-8-19(23(22)32)34-38-13-4-1-3-12(30)9-13/h2-3,5,7-11,17,34H,1,4,6H2/q+1. The normalized spacial score (nSPS) is 18.3. The van der Waals surface area contributed by atoms with Crippen LogP contribution in [0.3, 0.4) is 0 Å². The molecule has 12 heteroatoms. The Labute approximate surface area is 237 Å². The van der Waals surface area contributed by atoms with Crippen LogP contribution >= 0.6 is 51.1 Å². The highest BCUT2D eigenvalue weighted by Crippen LogP contribution is 2.32. The molecule has 0 radical (unpaired) electrons. The number of fused-ring (bicyclic) bond motifs is 1. The van der Waals surface area contributed by atoms with Crippen LogP contribution in [0.1, 0.15) is 40.0 Å². The minimum absolute atomic E-state index is 0.102. The maximum atomic E-state index is 15.5. The van der Waals surface area contributed by atoms with Crippen LogP contribution in [0.4, 0.5) is 18.9 Å². The van der Waals surface area contributed by atoms with Crippen molar-refractivity contribution in [2.75, 3.05) is 4.72 Å². The summed E-state index contributed by atoms with van der Waals surface area (Å²) in [7, 11) is 0. The Balaban J connectivity index is 1.54. The summed E-state index contributed by atoms with van der Waals surface area (Å²) in [6.45, 7) is 0. The fourth-order valence-corrected chi connectivity index (χ4v) is 6.04. The molecule has 194 valence electrons. The number of aromatic nitrogens is 1. The maximum absolute atomic E-state index is 15.5. The molecule has 5 rings (SSSR count). The van der Waals surface area contributed by atoms with E-state index in [2.05, 4.69) is 25.3 Å². The largest absolute Gasteiger partial charge is 0.392 e. The third kappa shape index (κ3) is 4.99. The SMILES string of the molecule is O=C(c1c(F)ccc(NSC2=CC(F)=CCC2)c1F)c1cn(C(=O)C2=C(Cl)C=CCC2Cl)c2c1=CC(Br)=[N+]=2. The van der Waals surface area contributed by atoms with Gasteiger partial charge in [-0.15, -0.1) is 16.2 Å². The van der Waals surface area contributed by atoms with Gasteiger partial charge in [-0.05, 0) is 61.6 Å². The number of benzene rings is 1. The van der Waals surface area contributed by atoms with Gasteiger partial charge in [-0.25, -0.2) is 18.0 Å². The molecular formula is C26H16BrCl2F3N3O2S+. The molecule has 2 heterocycles. The third-order valence-electron chi connectivity index (χ3n) is 6.00. The lowest BCUT2D eigenvalue weighted by molar-refractivity contribution is 0.0947. The van der Waals surface area contributed by atoms with Gasteiger partial charge in [0.1, 0.15) is 23.1 Å². The topological polar surface area (TPSA) is 65.2 Å². The van der Waals surface area contributed by atoms with Crippen molar-refractivity contribution in [3.05, 3.63) is 97.4 Å². The Kier molecular flexibility index (Phi) is 7.62. The highest BCUT2D eigenvalue weighted by molar-refractivity contribution is 9.18. The van der Waals surface area contributed by atoms with E-state index in [-0.39, 0.29) is 32.6 Å². The van der Waals surface area contributed by atoms with Crippen molar-refractivity contribution in [3.8, 4) is 0 Å². The summed E-state index contributed by atoms with van der Waals surface area (Å²) in [5.74, 6) is -4.19. The van der Waals surface area contributed by atoms with Gasteiger partial charge in [0.25, 0.3) is 4.62 Å². The van der Waals surface area contributed by atoms with E-state index in [0.29, 0.717) is 28.8 Å². The van der Waals surface area contributed by atoms with Gasteiger partial charge in [0.2, 0.25) is 5.78 Å². The number of alkyl halides is 1. The van der Waals surface area contributed by atoms with E-state index in [1.165, 1.54) is 24.4 Å². The van der Waals surface area contributed by atoms with Crippen molar-refractivity contribution in [2.45, 2.75) is 24.6 Å². The van der Waals surface area contributed by atoms with Crippen molar-refractivity contribution >= 4 is 79.2 Å². The summed E-state index contributed by atoms with van der Waals surface area (Å²) < 4.78 is 52.3. The number of allylic oxidation sites excluding steroid dienone is 8. The van der Waals surface area contributed by atoms with Crippen LogP contribution in [-0.2, 0) is 0 Å². The number of halogens is 6. The first-order valence-electron chi connectivity index (χ1n) is 11.3. The van der Waals surface area contributed by atoms with Crippen molar-refractivity contribution in [2.24, 2.45) is 0 Å². The lowest BCUT2D eigenvalue weighted by Crippen LogP contribution is -2.36. The molecule has 2 aliphatic carbocycles. The van der Waals surface area contributed by atoms with E-state index < -0.39 is 40.1 Å². The average Bonchev–Trinajstić information content (AvgIpc) is 3.40. The van der Waals surface area contributed by atoms with Gasteiger partial charge in [-0.3, -0.25) is 4.79 Å². The van der Waals surface area contributed by atoms with Gasteiger partial charge in [0.15, 0.2) is 5.82 Å². The molecule has 5 nitrogen and oxygen atoms in total. The number of carbonyl (C=O) groups excluding carboxylic acids is 2. The molecule has 0 amide bonds. The second-order valence-corrected chi connectivity index (χ2v) is 11.1. The van der Waals surface area contributed by atoms with Gasteiger partial charge >= 0.3 is 11.4 Å². The Morgan fingerprint density at radius 2 is 2.00 bits per heavy atom. The molecule has 0 saturated heterocycles. The van der Waals surface area contributed by atoms with Gasteiger partial charge < -0.3 is 4.72 Å². The molecule has 3 aliphatic rings. The lowest BCUT2D eigenvalue weighted by atomic mass is 10.0. The van der Waals surface area contributed by atoms with Crippen molar-refractivity contribution < 1.29 is 22.8 Å². The average molecular weight is 642 g/mol. The molecule has 0 fully saturated rings. The van der Waals surface area contributed by atoms with E-state index >= 15 is 4.39 Å². The van der Waals surface area contributed by atoms with E-state index in [9.17, 15) is 18.4 Å². The van der Waals surface area contributed by atoms with Crippen molar-refractivity contribution in [3.63, 3.8) is 0 Å². The summed E-state index contributed by atoms with van der Waals surface area (Å²) >= 11 is 16.8. The number of rotatable bonds is 6. The van der Waals surface area contributed by atoms with Crippen LogP contribution in [0.15, 0.2) is 64.0 Å². The molecule has 0 spiro atoms. The molecule has 1 atom stereocenters. The number of anilines is 1. The number of carbonyl (C=O) groups is 2. The van der Waals surface area contributed by atoms with Crippen LogP contribution in [0.25, 0.3) is 6.08 Å². The second-order valence-electron chi connectivity index (χ2n) is 8.46. The zero-order valence-corrected chi connectivity index (χ0v) is 23.1. The molecular weight excluding hydrogens is 626 g/mol. The number of hydrogen-bond acceptors (Lipinski definition) is 4. The second kappa shape index (κ2) is 10.8. The minimum Gasteiger partial charge on any atom is -0.323 e. The van der Waals surface area contributed by atoms with Gasteiger partial charge in [0.05, 0.1) is 32.8 Å².